The number of carbonyl (C=O) groups is 1. The van der Waals surface area contributed by atoms with Crippen LogP contribution in [0.5, 0.6) is 0 Å². The van der Waals surface area contributed by atoms with Crippen molar-refractivity contribution in [2.24, 2.45) is 0 Å². The summed E-state index contributed by atoms with van der Waals surface area (Å²) < 4.78 is 29.3. The number of amides is 1. The summed E-state index contributed by atoms with van der Waals surface area (Å²) >= 11 is 3.18. The molecule has 2 aromatic heterocycles. The zero-order chi connectivity index (χ0) is 22.8. The number of thiazole rings is 1. The van der Waals surface area contributed by atoms with Crippen molar-refractivity contribution in [1.82, 2.24) is 14.6 Å². The predicted molar refractivity (Wildman–Crippen MR) is 132 cm³/mol. The maximum absolute atomic E-state index is 13.3. The molecule has 1 fully saturated rings. The number of carbonyl (C=O) groups excluding carboxylic acids is 1. The molecular weight excluding hydrogens is 474 g/mol. The topological polar surface area (TPSA) is 79.4 Å². The number of para-hydroxylation sites is 1. The number of sulfonamides is 1. The van der Waals surface area contributed by atoms with Gasteiger partial charge >= 0.3 is 0 Å². The molecule has 5 rings (SSSR count). The average molecular weight is 498 g/mol. The summed E-state index contributed by atoms with van der Waals surface area (Å²) in [6.07, 6.45) is 1.89. The number of hydrogen-bond acceptors (Lipinski definition) is 6. The van der Waals surface area contributed by atoms with Crippen LogP contribution in [0.25, 0.3) is 10.2 Å². The van der Waals surface area contributed by atoms with Gasteiger partial charge in [-0.3, -0.25) is 4.79 Å². The third-order valence-corrected chi connectivity index (χ3v) is 9.25. The molecule has 170 valence electrons. The highest BCUT2D eigenvalue weighted by atomic mass is 32.2. The van der Waals surface area contributed by atoms with Crippen LogP contribution in [-0.4, -0.2) is 37.3 Å². The molecule has 1 aliphatic heterocycles. The summed E-state index contributed by atoms with van der Waals surface area (Å²) in [6, 6.07) is 18.1. The number of nitrogens with zero attached hydrogens (tertiary/aromatic N) is 2. The van der Waals surface area contributed by atoms with Gasteiger partial charge in [0.25, 0.3) is 5.91 Å². The fraction of sp³-hybridized carbons (Fsp3) is 0.250. The van der Waals surface area contributed by atoms with Gasteiger partial charge in [-0.25, -0.2) is 18.1 Å². The monoisotopic (exact) mass is 497 g/mol. The Hall–Kier alpha value is -2.59. The second-order valence-corrected chi connectivity index (χ2v) is 11.9. The molecule has 0 bridgehead atoms. The third kappa shape index (κ3) is 4.86. The van der Waals surface area contributed by atoms with E-state index in [-0.39, 0.29) is 23.3 Å². The van der Waals surface area contributed by atoms with E-state index >= 15 is 0 Å². The van der Waals surface area contributed by atoms with E-state index in [1.54, 1.807) is 23.5 Å². The molecule has 0 unspecified atom stereocenters. The summed E-state index contributed by atoms with van der Waals surface area (Å²) in [5.41, 5.74) is 1.38. The first-order valence-corrected chi connectivity index (χ1v) is 13.9. The van der Waals surface area contributed by atoms with Crippen LogP contribution in [0.3, 0.4) is 0 Å². The molecule has 1 aliphatic rings. The highest BCUT2D eigenvalue weighted by Gasteiger charge is 2.28. The Bertz CT molecular complexity index is 1350. The van der Waals surface area contributed by atoms with Gasteiger partial charge in [-0.05, 0) is 54.6 Å². The molecule has 4 aromatic rings. The van der Waals surface area contributed by atoms with E-state index in [1.165, 1.54) is 23.5 Å². The number of benzene rings is 2. The second kappa shape index (κ2) is 9.34. The minimum atomic E-state index is -3.71. The van der Waals surface area contributed by atoms with Gasteiger partial charge in [-0.15, -0.1) is 22.7 Å². The minimum Gasteiger partial charge on any atom is -0.338 e. The Morgan fingerprint density at radius 1 is 1.12 bits per heavy atom. The van der Waals surface area contributed by atoms with Crippen LogP contribution in [0.4, 0.5) is 0 Å². The van der Waals surface area contributed by atoms with Gasteiger partial charge in [-0.1, -0.05) is 24.3 Å². The van der Waals surface area contributed by atoms with Gasteiger partial charge in [0, 0.05) is 36.0 Å². The average Bonchev–Trinajstić information content (AvgIpc) is 3.52. The van der Waals surface area contributed by atoms with Crippen LogP contribution < -0.4 is 4.72 Å². The molecule has 0 aliphatic carbocycles. The van der Waals surface area contributed by atoms with Crippen LogP contribution in [0.2, 0.25) is 0 Å². The number of piperidine rings is 1. The first kappa shape index (κ1) is 22.2. The summed E-state index contributed by atoms with van der Waals surface area (Å²) in [4.78, 5) is 20.9. The lowest BCUT2D eigenvalue weighted by Gasteiger charge is -2.32. The van der Waals surface area contributed by atoms with Crippen molar-refractivity contribution in [2.45, 2.75) is 30.2 Å². The largest absolute Gasteiger partial charge is 0.338 e. The lowest BCUT2D eigenvalue weighted by atomic mass is 9.98. The van der Waals surface area contributed by atoms with Crippen molar-refractivity contribution in [3.8, 4) is 0 Å². The number of likely N-dealkylation sites (tertiary alicyclic amines) is 1. The number of fused-ring (bicyclic) bond motifs is 1. The number of rotatable bonds is 6. The lowest BCUT2D eigenvalue weighted by Crippen LogP contribution is -2.39. The molecule has 0 radical (unpaired) electrons. The summed E-state index contributed by atoms with van der Waals surface area (Å²) in [5.74, 6) is 0.0515. The third-order valence-electron chi connectivity index (χ3n) is 5.78. The van der Waals surface area contributed by atoms with Crippen molar-refractivity contribution in [3.63, 3.8) is 0 Å². The van der Waals surface area contributed by atoms with E-state index in [4.69, 9.17) is 4.98 Å². The molecule has 6 nitrogen and oxygen atoms in total. The van der Waals surface area contributed by atoms with Crippen molar-refractivity contribution in [2.75, 3.05) is 13.1 Å². The Labute approximate surface area is 201 Å². The zero-order valence-electron chi connectivity index (χ0n) is 17.8. The van der Waals surface area contributed by atoms with E-state index in [1.807, 2.05) is 40.6 Å². The summed E-state index contributed by atoms with van der Waals surface area (Å²) in [6.45, 7) is 1.48. The molecule has 0 saturated carbocycles. The van der Waals surface area contributed by atoms with Crippen LogP contribution in [-0.2, 0) is 16.6 Å². The van der Waals surface area contributed by atoms with E-state index in [2.05, 4.69) is 10.8 Å². The van der Waals surface area contributed by atoms with Gasteiger partial charge in [0.1, 0.15) is 0 Å². The van der Waals surface area contributed by atoms with Crippen molar-refractivity contribution in [3.05, 3.63) is 81.5 Å². The first-order valence-electron chi connectivity index (χ1n) is 10.8. The van der Waals surface area contributed by atoms with Gasteiger partial charge in [0.15, 0.2) is 0 Å². The smallest absolute Gasteiger partial charge is 0.253 e. The molecule has 9 heteroatoms. The van der Waals surface area contributed by atoms with Crippen molar-refractivity contribution in [1.29, 1.82) is 0 Å². The summed E-state index contributed by atoms with van der Waals surface area (Å²) in [7, 11) is -3.71. The second-order valence-electron chi connectivity index (χ2n) is 8.04. The van der Waals surface area contributed by atoms with Crippen molar-refractivity contribution < 1.29 is 13.2 Å². The Morgan fingerprint density at radius 2 is 2.00 bits per heavy atom. The van der Waals surface area contributed by atoms with E-state index in [9.17, 15) is 13.2 Å². The summed E-state index contributed by atoms with van der Waals surface area (Å²) in [5, 5.41) is 2.96. The lowest BCUT2D eigenvalue weighted by molar-refractivity contribution is 0.0707. The molecule has 1 N–H and O–H groups in total. The quantitative estimate of drug-likeness (QED) is 0.413. The minimum absolute atomic E-state index is 0.102. The van der Waals surface area contributed by atoms with Crippen molar-refractivity contribution >= 4 is 48.8 Å². The standard InChI is InChI=1S/C24H23N3O3S3/c28-24(17-6-3-9-20(14-17)33(29,30)25-15-19-8-5-13-31-19)27-12-4-7-18(16-27)23-26-21-10-1-2-11-22(21)32-23/h1-3,5-6,8-11,13-14,18,25H,4,7,12,15-16H2/t18-/m0/s1. The van der Waals surface area contributed by atoms with Crippen LogP contribution in [0, 0.1) is 0 Å². The Balaban J connectivity index is 1.31. The maximum atomic E-state index is 13.3. The van der Waals surface area contributed by atoms with Crippen LogP contribution >= 0.6 is 22.7 Å². The predicted octanol–water partition coefficient (Wildman–Crippen LogP) is 4.86. The number of nitrogens with one attached hydrogen (secondary N) is 1. The van der Waals surface area contributed by atoms with E-state index in [0.29, 0.717) is 18.7 Å². The first-order chi connectivity index (χ1) is 16.0. The fourth-order valence-electron chi connectivity index (χ4n) is 4.07. The highest BCUT2D eigenvalue weighted by Crippen LogP contribution is 2.33. The van der Waals surface area contributed by atoms with Gasteiger partial charge in [0.05, 0.1) is 20.1 Å². The zero-order valence-corrected chi connectivity index (χ0v) is 20.3. The highest BCUT2D eigenvalue weighted by molar-refractivity contribution is 7.89. The maximum Gasteiger partial charge on any atom is 0.253 e. The molecule has 33 heavy (non-hydrogen) atoms. The molecular formula is C24H23N3O3S3. The molecule has 3 heterocycles. The van der Waals surface area contributed by atoms with Gasteiger partial charge in [-0.2, -0.15) is 0 Å². The van der Waals surface area contributed by atoms with E-state index in [0.717, 1.165) is 32.9 Å². The van der Waals surface area contributed by atoms with Crippen LogP contribution in [0.1, 0.15) is 39.0 Å². The molecule has 1 amide bonds. The molecule has 1 atom stereocenters. The molecule has 2 aromatic carbocycles. The number of hydrogen-bond donors (Lipinski definition) is 1. The number of thiophene rings is 1. The SMILES string of the molecule is O=C(c1cccc(S(=O)(=O)NCc2cccs2)c1)N1CCC[C@H](c2nc3ccccc3s2)C1. The Kier molecular flexibility index (Phi) is 6.29. The van der Waals surface area contributed by atoms with E-state index < -0.39 is 10.0 Å². The number of aromatic nitrogens is 1. The van der Waals surface area contributed by atoms with Gasteiger partial charge < -0.3 is 4.90 Å². The van der Waals surface area contributed by atoms with Crippen LogP contribution in [0.15, 0.2) is 70.9 Å². The molecule has 0 spiro atoms. The molecule has 1 saturated heterocycles. The van der Waals surface area contributed by atoms with Gasteiger partial charge in [0.2, 0.25) is 10.0 Å². The Morgan fingerprint density at radius 3 is 2.82 bits per heavy atom. The normalized spacial score (nSPS) is 16.8. The fourth-order valence-corrected chi connectivity index (χ4v) is 6.95.